The van der Waals surface area contributed by atoms with Crippen LogP contribution in [0, 0.1) is 34.3 Å². The molecule has 7 rings (SSSR count). The molecule has 0 radical (unpaired) electrons. The summed E-state index contributed by atoms with van der Waals surface area (Å²) in [5, 5.41) is 15.1. The lowest BCUT2D eigenvalue weighted by Crippen LogP contribution is -2.42. The minimum absolute atomic E-state index is 0.000332. The number of hydrogen-bond donors (Lipinski definition) is 1. The van der Waals surface area contributed by atoms with Crippen molar-refractivity contribution in [3.8, 4) is 0 Å². The number of aryl methyl sites for hydroxylation is 2. The molecule has 0 unspecified atom stereocenters. The predicted molar refractivity (Wildman–Crippen MR) is 211 cm³/mol. The molecular weight excluding hydrogens is 822 g/mol. The van der Waals surface area contributed by atoms with Gasteiger partial charge in [-0.25, -0.2) is 12.7 Å². The third kappa shape index (κ3) is 6.98. The molecule has 1 amide bonds. The quantitative estimate of drug-likeness (QED) is 0.131. The molecule has 0 aliphatic heterocycles. The SMILES string of the molecule is Cc1ccc(S(=O)(=O)N(C)C(=O)[C@H](c2ccc3c(c2)CC[C@@H]2[C@@H]3CC[C@]3(C)C(=O)CC[C@@H]23)[C@H](Nc2cc(Br)cc(Br)c2)c2ccc([N+](=O)[O-])cc2)cc1. The van der Waals surface area contributed by atoms with Crippen LogP contribution in [0.25, 0.3) is 0 Å². The van der Waals surface area contributed by atoms with Gasteiger partial charge in [-0.15, -0.1) is 0 Å². The highest BCUT2D eigenvalue weighted by Gasteiger charge is 2.54. The Kier molecular flexibility index (Phi) is 10.2. The van der Waals surface area contributed by atoms with Crippen LogP contribution in [0.4, 0.5) is 11.4 Å². The van der Waals surface area contributed by atoms with Crippen molar-refractivity contribution in [2.75, 3.05) is 12.4 Å². The molecule has 4 aromatic rings. The lowest BCUT2D eigenvalue weighted by atomic mass is 9.55. The summed E-state index contributed by atoms with van der Waals surface area (Å²) in [6.07, 6.45) is 5.14. The van der Waals surface area contributed by atoms with E-state index in [1.54, 1.807) is 24.3 Å². The Morgan fingerprint density at radius 1 is 0.925 bits per heavy atom. The van der Waals surface area contributed by atoms with E-state index in [-0.39, 0.29) is 16.0 Å². The molecule has 6 atom stereocenters. The van der Waals surface area contributed by atoms with Crippen LogP contribution in [-0.4, -0.2) is 36.4 Å². The molecule has 276 valence electrons. The van der Waals surface area contributed by atoms with E-state index in [0.717, 1.165) is 56.5 Å². The smallest absolute Gasteiger partial charge is 0.269 e. The second kappa shape index (κ2) is 14.4. The molecule has 0 heterocycles. The fraction of sp³-hybridized carbons (Fsp3) is 0.366. The van der Waals surface area contributed by atoms with E-state index in [4.69, 9.17) is 0 Å². The highest BCUT2D eigenvalue weighted by molar-refractivity contribution is 9.11. The van der Waals surface area contributed by atoms with Gasteiger partial charge in [0.1, 0.15) is 5.78 Å². The van der Waals surface area contributed by atoms with Crippen LogP contribution in [0.15, 0.2) is 98.8 Å². The number of sulfonamides is 1. The summed E-state index contributed by atoms with van der Waals surface area (Å²) in [6, 6.07) is 23.3. The number of halogens is 2. The molecule has 9 nitrogen and oxygen atoms in total. The van der Waals surface area contributed by atoms with Crippen molar-refractivity contribution in [3.05, 3.63) is 132 Å². The summed E-state index contributed by atoms with van der Waals surface area (Å²) >= 11 is 7.10. The van der Waals surface area contributed by atoms with Gasteiger partial charge in [0.05, 0.1) is 21.8 Å². The van der Waals surface area contributed by atoms with Gasteiger partial charge in [-0.3, -0.25) is 19.7 Å². The number of likely N-dealkylation sites (N-methyl/N-ethyl adjacent to an activating group) is 1. The van der Waals surface area contributed by atoms with Crippen LogP contribution < -0.4 is 5.32 Å². The van der Waals surface area contributed by atoms with E-state index in [1.165, 1.54) is 36.9 Å². The first-order chi connectivity index (χ1) is 25.2. The largest absolute Gasteiger partial charge is 0.377 e. The summed E-state index contributed by atoms with van der Waals surface area (Å²) in [6.45, 7) is 4.02. The van der Waals surface area contributed by atoms with Crippen LogP contribution >= 0.6 is 31.9 Å². The second-order valence-corrected chi connectivity index (χ2v) is 18.8. The molecule has 0 bridgehead atoms. The number of ketones is 1. The van der Waals surface area contributed by atoms with Crippen LogP contribution in [0.2, 0.25) is 0 Å². The molecular formula is C41H41Br2N3O6S. The van der Waals surface area contributed by atoms with Crippen molar-refractivity contribution >= 4 is 64.9 Å². The molecule has 2 fully saturated rings. The minimum Gasteiger partial charge on any atom is -0.377 e. The number of Topliss-reactive ketones (excluding diaryl/α,β-unsaturated/α-hetero) is 1. The van der Waals surface area contributed by atoms with Crippen LogP contribution in [-0.2, 0) is 26.0 Å². The number of rotatable bonds is 9. The van der Waals surface area contributed by atoms with Gasteiger partial charge in [0.15, 0.2) is 0 Å². The molecule has 1 N–H and O–H groups in total. The molecule has 3 aliphatic rings. The molecule has 0 saturated heterocycles. The maximum atomic E-state index is 15.0. The molecule has 4 aromatic carbocycles. The number of amides is 1. The van der Waals surface area contributed by atoms with Gasteiger partial charge in [0, 0.05) is 45.6 Å². The van der Waals surface area contributed by atoms with E-state index in [9.17, 15) is 28.1 Å². The molecule has 3 aliphatic carbocycles. The first-order valence-electron chi connectivity index (χ1n) is 17.9. The van der Waals surface area contributed by atoms with E-state index in [0.29, 0.717) is 46.8 Å². The zero-order valence-electron chi connectivity index (χ0n) is 29.7. The number of carbonyl (C=O) groups excluding carboxylic acids is 2. The first-order valence-corrected chi connectivity index (χ1v) is 20.9. The van der Waals surface area contributed by atoms with Gasteiger partial charge in [0.2, 0.25) is 5.91 Å². The zero-order valence-corrected chi connectivity index (χ0v) is 33.7. The Bertz CT molecular complexity index is 2190. The standard InChI is InChI=1S/C41H41Br2N3O6S/c1-24-4-12-32(13-5-24)53(51,52)45(3)40(48)38(39(25-6-10-31(11-7-25)46(49)50)44-30-22-28(42)21-29(43)23-30)27-9-14-33-26(20-27)8-15-35-34(33)18-19-41(2)36(35)16-17-37(41)47/h4-7,9-14,20-23,34-36,38-39,44H,8,15-19H2,1-3H3/t34-,35-,36+,38-,39-,41+/m1/s1. The lowest BCUT2D eigenvalue weighted by molar-refractivity contribution is -0.384. The average molecular weight is 864 g/mol. The van der Waals surface area contributed by atoms with E-state index in [2.05, 4.69) is 56.2 Å². The van der Waals surface area contributed by atoms with Crippen molar-refractivity contribution in [3.63, 3.8) is 0 Å². The highest BCUT2D eigenvalue weighted by Crippen LogP contribution is 2.59. The maximum absolute atomic E-state index is 15.0. The molecule has 12 heteroatoms. The van der Waals surface area contributed by atoms with E-state index < -0.39 is 32.8 Å². The third-order valence-electron chi connectivity index (χ3n) is 12.1. The fourth-order valence-electron chi connectivity index (χ4n) is 9.21. The number of anilines is 1. The van der Waals surface area contributed by atoms with Crippen molar-refractivity contribution in [1.82, 2.24) is 4.31 Å². The van der Waals surface area contributed by atoms with Crippen molar-refractivity contribution in [2.45, 2.75) is 75.1 Å². The molecule has 2 saturated carbocycles. The van der Waals surface area contributed by atoms with Crippen LogP contribution in [0.5, 0.6) is 0 Å². The van der Waals surface area contributed by atoms with Crippen molar-refractivity contribution < 1.29 is 22.9 Å². The first kappa shape index (κ1) is 37.4. The Balaban J connectivity index is 1.35. The predicted octanol–water partition coefficient (Wildman–Crippen LogP) is 9.64. The van der Waals surface area contributed by atoms with Crippen molar-refractivity contribution in [1.29, 1.82) is 0 Å². The number of nitrogens with one attached hydrogen (secondary N) is 1. The number of hydrogen-bond acceptors (Lipinski definition) is 7. The average Bonchev–Trinajstić information content (AvgIpc) is 3.44. The molecule has 53 heavy (non-hydrogen) atoms. The van der Waals surface area contributed by atoms with Crippen LogP contribution in [0.1, 0.15) is 84.7 Å². The number of carbonyl (C=O) groups is 2. The van der Waals surface area contributed by atoms with Gasteiger partial charge in [-0.1, -0.05) is 86.8 Å². The normalized spacial score (nSPS) is 23.3. The maximum Gasteiger partial charge on any atom is 0.269 e. The third-order valence-corrected chi connectivity index (χ3v) is 14.7. The summed E-state index contributed by atoms with van der Waals surface area (Å²) in [5.41, 5.74) is 4.77. The Labute approximate surface area is 327 Å². The number of non-ortho nitro benzene ring substituents is 1. The van der Waals surface area contributed by atoms with E-state index >= 15 is 0 Å². The van der Waals surface area contributed by atoms with Crippen LogP contribution in [0.3, 0.4) is 0 Å². The fourth-order valence-corrected chi connectivity index (χ4v) is 11.6. The topological polar surface area (TPSA) is 127 Å². The summed E-state index contributed by atoms with van der Waals surface area (Å²) in [7, 11) is -2.97. The van der Waals surface area contributed by atoms with Gasteiger partial charge in [0.25, 0.3) is 15.7 Å². The monoisotopic (exact) mass is 861 g/mol. The number of benzene rings is 4. The summed E-state index contributed by atoms with van der Waals surface area (Å²) in [5.74, 6) is -0.205. The number of nitro groups is 1. The number of fused-ring (bicyclic) bond motifs is 5. The van der Waals surface area contributed by atoms with E-state index in [1.807, 2.05) is 31.2 Å². The van der Waals surface area contributed by atoms with Gasteiger partial charge >= 0.3 is 0 Å². The minimum atomic E-state index is -4.26. The van der Waals surface area contributed by atoms with Gasteiger partial charge in [-0.05, 0) is 109 Å². The Morgan fingerprint density at radius 2 is 1.58 bits per heavy atom. The summed E-state index contributed by atoms with van der Waals surface area (Å²) < 4.78 is 30.5. The highest BCUT2D eigenvalue weighted by atomic mass is 79.9. The molecule has 0 aromatic heterocycles. The van der Waals surface area contributed by atoms with Crippen molar-refractivity contribution in [2.24, 2.45) is 17.3 Å². The summed E-state index contributed by atoms with van der Waals surface area (Å²) in [4.78, 5) is 39.1. The Hall–Kier alpha value is -3.87. The second-order valence-electron chi connectivity index (χ2n) is 15.0. The van der Waals surface area contributed by atoms with Gasteiger partial charge < -0.3 is 5.32 Å². The molecule has 0 spiro atoms. The lowest BCUT2D eigenvalue weighted by Gasteiger charge is -2.48. The van der Waals surface area contributed by atoms with Gasteiger partial charge in [-0.2, -0.15) is 0 Å². The Morgan fingerprint density at radius 3 is 2.25 bits per heavy atom. The number of nitrogens with zero attached hydrogens (tertiary/aromatic N) is 2. The zero-order chi connectivity index (χ0) is 37.8. The number of nitro benzene ring substituents is 1.